The van der Waals surface area contributed by atoms with Gasteiger partial charge in [0, 0.05) is 37.6 Å². The monoisotopic (exact) mass is 506 g/mol. The van der Waals surface area contributed by atoms with Gasteiger partial charge in [-0.05, 0) is 59.7 Å². The largest absolute Gasteiger partial charge is 0.497 e. The van der Waals surface area contributed by atoms with Crippen LogP contribution in [0.4, 0.5) is 10.1 Å². The number of benzene rings is 3. The zero-order valence-corrected chi connectivity index (χ0v) is 20.9. The van der Waals surface area contributed by atoms with Gasteiger partial charge in [0.2, 0.25) is 0 Å². The first-order valence-electron chi connectivity index (χ1n) is 12.0. The van der Waals surface area contributed by atoms with Crippen molar-refractivity contribution in [2.75, 3.05) is 44.7 Å². The van der Waals surface area contributed by atoms with E-state index in [2.05, 4.69) is 4.90 Å². The molecule has 0 unspecified atom stereocenters. The molecule has 5 rings (SSSR count). The maximum Gasteiger partial charge on any atom is 0.257 e. The molecule has 0 bridgehead atoms. The van der Waals surface area contributed by atoms with Crippen LogP contribution in [0, 0.1) is 5.82 Å². The summed E-state index contributed by atoms with van der Waals surface area (Å²) in [6, 6.07) is 21.9. The Bertz CT molecular complexity index is 1240. The van der Waals surface area contributed by atoms with E-state index in [9.17, 15) is 9.18 Å². The number of amides is 1. The van der Waals surface area contributed by atoms with E-state index in [1.165, 1.54) is 6.07 Å². The fourth-order valence-corrected chi connectivity index (χ4v) is 4.89. The van der Waals surface area contributed by atoms with Crippen LogP contribution in [0.2, 0.25) is 5.02 Å². The molecule has 3 aromatic carbocycles. The van der Waals surface area contributed by atoms with Crippen LogP contribution in [0.1, 0.15) is 23.6 Å². The molecule has 1 amide bonds. The van der Waals surface area contributed by atoms with Crippen molar-refractivity contribution in [3.63, 3.8) is 0 Å². The minimum absolute atomic E-state index is 0.0576. The second kappa shape index (κ2) is 10.7. The van der Waals surface area contributed by atoms with Gasteiger partial charge in [0.15, 0.2) is 0 Å². The number of ether oxygens (including phenoxy) is 1. The van der Waals surface area contributed by atoms with Gasteiger partial charge in [-0.1, -0.05) is 35.9 Å². The summed E-state index contributed by atoms with van der Waals surface area (Å²) in [4.78, 5) is 17.6. The first-order valence-corrected chi connectivity index (χ1v) is 12.4. The molecule has 0 aliphatic carbocycles. The number of rotatable bonds is 6. The quantitative estimate of drug-likeness (QED) is 0.473. The van der Waals surface area contributed by atoms with E-state index >= 15 is 0 Å². The van der Waals surface area contributed by atoms with E-state index in [0.29, 0.717) is 43.3 Å². The summed E-state index contributed by atoms with van der Waals surface area (Å²) in [5.74, 6) is 0.497. The van der Waals surface area contributed by atoms with Gasteiger partial charge in [0.25, 0.3) is 5.91 Å². The fraction of sp³-hybridized carbons (Fsp3) is 0.286. The zero-order chi connectivity index (χ0) is 25.1. The number of halogens is 2. The number of nitrogens with zero attached hydrogens (tertiary/aromatic N) is 4. The van der Waals surface area contributed by atoms with Crippen LogP contribution in [-0.2, 0) is 4.79 Å². The number of piperazine rings is 1. The van der Waals surface area contributed by atoms with Crippen molar-refractivity contribution >= 4 is 28.9 Å². The third-order valence-electron chi connectivity index (χ3n) is 6.77. The molecule has 6 nitrogen and oxygen atoms in total. The standard InChI is InChI=1S/C28H28ClFN4O2/c1-36-23-12-8-20(9-13-23)25-18-27(21-6-10-22(29)11-7-21)34(31-25)28(35)19-32-14-16-33(17-15-32)26-5-3-2-4-24(26)30/h2-13,27H,14-19H2,1H3/t27-/m1/s1. The van der Waals surface area contributed by atoms with Crippen molar-refractivity contribution in [2.24, 2.45) is 5.10 Å². The van der Waals surface area contributed by atoms with Crippen molar-refractivity contribution in [3.8, 4) is 5.75 Å². The maximum absolute atomic E-state index is 14.2. The molecule has 36 heavy (non-hydrogen) atoms. The molecule has 0 spiro atoms. The Balaban J connectivity index is 1.30. The normalized spacial score (nSPS) is 18.3. The van der Waals surface area contributed by atoms with Crippen LogP contribution in [0.5, 0.6) is 5.75 Å². The van der Waals surface area contributed by atoms with Crippen LogP contribution in [0.3, 0.4) is 0 Å². The topological polar surface area (TPSA) is 48.4 Å². The smallest absolute Gasteiger partial charge is 0.257 e. The number of hydrazone groups is 1. The number of hydrogen-bond donors (Lipinski definition) is 0. The molecule has 1 atom stereocenters. The molecule has 2 aliphatic rings. The zero-order valence-electron chi connectivity index (χ0n) is 20.1. The average Bonchev–Trinajstić information content (AvgIpc) is 3.36. The molecular weight excluding hydrogens is 479 g/mol. The number of methoxy groups -OCH3 is 1. The number of anilines is 1. The highest BCUT2D eigenvalue weighted by Gasteiger charge is 2.34. The highest BCUT2D eigenvalue weighted by atomic mass is 35.5. The van der Waals surface area contributed by atoms with Gasteiger partial charge < -0.3 is 9.64 Å². The maximum atomic E-state index is 14.2. The number of carbonyl (C=O) groups is 1. The Morgan fingerprint density at radius 3 is 2.36 bits per heavy atom. The van der Waals surface area contributed by atoms with Crippen molar-refractivity contribution < 1.29 is 13.9 Å². The Kier molecular flexibility index (Phi) is 7.20. The van der Waals surface area contributed by atoms with Gasteiger partial charge in [-0.15, -0.1) is 0 Å². The summed E-state index contributed by atoms with van der Waals surface area (Å²) in [5.41, 5.74) is 3.42. The highest BCUT2D eigenvalue weighted by Crippen LogP contribution is 2.34. The molecule has 2 aliphatic heterocycles. The van der Waals surface area contributed by atoms with E-state index in [-0.39, 0.29) is 24.3 Å². The number of carbonyl (C=O) groups excluding carboxylic acids is 1. The minimum atomic E-state index is -0.217. The molecule has 0 radical (unpaired) electrons. The Morgan fingerprint density at radius 1 is 1.00 bits per heavy atom. The summed E-state index contributed by atoms with van der Waals surface area (Å²) in [6.45, 7) is 2.93. The van der Waals surface area contributed by atoms with Crippen molar-refractivity contribution in [1.82, 2.24) is 9.91 Å². The summed E-state index contributed by atoms with van der Waals surface area (Å²) >= 11 is 6.11. The summed E-state index contributed by atoms with van der Waals surface area (Å²) < 4.78 is 19.5. The van der Waals surface area contributed by atoms with Gasteiger partial charge in [0.05, 0.1) is 31.1 Å². The SMILES string of the molecule is COc1ccc(C2=NN(C(=O)CN3CCN(c4ccccc4F)CC3)[C@@H](c3ccc(Cl)cc3)C2)cc1. The van der Waals surface area contributed by atoms with Crippen molar-refractivity contribution in [1.29, 1.82) is 0 Å². The molecular formula is C28H28ClFN4O2. The molecule has 0 saturated carbocycles. The first-order chi connectivity index (χ1) is 17.5. The van der Waals surface area contributed by atoms with E-state index in [0.717, 1.165) is 22.6 Å². The minimum Gasteiger partial charge on any atom is -0.497 e. The third kappa shape index (κ3) is 5.22. The van der Waals surface area contributed by atoms with Gasteiger partial charge in [-0.25, -0.2) is 9.40 Å². The van der Waals surface area contributed by atoms with Gasteiger partial charge in [0.1, 0.15) is 11.6 Å². The number of hydrogen-bond acceptors (Lipinski definition) is 5. The van der Waals surface area contributed by atoms with E-state index in [1.54, 1.807) is 24.3 Å². The second-order valence-electron chi connectivity index (χ2n) is 9.00. The first kappa shape index (κ1) is 24.3. The van der Waals surface area contributed by atoms with Crippen LogP contribution in [0.25, 0.3) is 0 Å². The van der Waals surface area contributed by atoms with E-state index in [4.69, 9.17) is 21.4 Å². The van der Waals surface area contributed by atoms with Gasteiger partial charge in [-0.3, -0.25) is 9.69 Å². The van der Waals surface area contributed by atoms with Crippen LogP contribution >= 0.6 is 11.6 Å². The molecule has 186 valence electrons. The molecule has 3 aromatic rings. The fourth-order valence-electron chi connectivity index (χ4n) is 4.76. The lowest BCUT2D eigenvalue weighted by atomic mass is 9.98. The second-order valence-corrected chi connectivity index (χ2v) is 9.44. The average molecular weight is 507 g/mol. The van der Waals surface area contributed by atoms with Crippen LogP contribution < -0.4 is 9.64 Å². The predicted octanol–water partition coefficient (Wildman–Crippen LogP) is 4.99. The van der Waals surface area contributed by atoms with Gasteiger partial charge in [-0.2, -0.15) is 5.10 Å². The summed E-state index contributed by atoms with van der Waals surface area (Å²) in [6.07, 6.45) is 0.612. The Morgan fingerprint density at radius 2 is 1.69 bits per heavy atom. The Labute approximate surface area is 215 Å². The lowest BCUT2D eigenvalue weighted by Gasteiger charge is -2.36. The summed E-state index contributed by atoms with van der Waals surface area (Å²) in [7, 11) is 1.63. The van der Waals surface area contributed by atoms with Crippen LogP contribution in [0.15, 0.2) is 77.9 Å². The highest BCUT2D eigenvalue weighted by molar-refractivity contribution is 6.30. The van der Waals surface area contributed by atoms with Crippen molar-refractivity contribution in [3.05, 3.63) is 94.8 Å². The molecule has 1 fully saturated rings. The molecule has 2 heterocycles. The van der Waals surface area contributed by atoms with Gasteiger partial charge >= 0.3 is 0 Å². The molecule has 0 aromatic heterocycles. The lowest BCUT2D eigenvalue weighted by molar-refractivity contribution is -0.134. The van der Waals surface area contributed by atoms with E-state index < -0.39 is 0 Å². The third-order valence-corrected chi connectivity index (χ3v) is 7.02. The summed E-state index contributed by atoms with van der Waals surface area (Å²) in [5, 5.41) is 7.04. The van der Waals surface area contributed by atoms with Crippen molar-refractivity contribution in [2.45, 2.75) is 12.5 Å². The Hall–Kier alpha value is -3.42. The molecule has 0 N–H and O–H groups in total. The predicted molar refractivity (Wildman–Crippen MR) is 140 cm³/mol. The van der Waals surface area contributed by atoms with Crippen LogP contribution in [-0.4, -0.2) is 61.4 Å². The van der Waals surface area contributed by atoms with E-state index in [1.807, 2.05) is 59.5 Å². The molecule has 8 heteroatoms. The lowest BCUT2D eigenvalue weighted by Crippen LogP contribution is -2.49. The molecule has 1 saturated heterocycles. The number of para-hydroxylation sites is 1.